The van der Waals surface area contributed by atoms with Crippen molar-refractivity contribution in [2.75, 3.05) is 13.2 Å². The number of rotatable bonds is 5. The molecular weight excluding hydrogens is 383 g/mol. The van der Waals surface area contributed by atoms with Gasteiger partial charge in [-0.1, -0.05) is 18.2 Å². The lowest BCUT2D eigenvalue weighted by Gasteiger charge is -2.11. The van der Waals surface area contributed by atoms with Crippen molar-refractivity contribution < 1.29 is 14.3 Å². The quantitative estimate of drug-likeness (QED) is 0.571. The molecule has 0 atom stereocenters. The first-order chi connectivity index (χ1) is 10.2. The van der Waals surface area contributed by atoms with E-state index in [1.54, 1.807) is 6.92 Å². The summed E-state index contributed by atoms with van der Waals surface area (Å²) in [7, 11) is 0. The zero-order valence-corrected chi connectivity index (χ0v) is 14.0. The second kappa shape index (κ2) is 7.35. The van der Waals surface area contributed by atoms with E-state index in [0.29, 0.717) is 24.5 Å². The Morgan fingerprint density at radius 1 is 1.24 bits per heavy atom. The summed E-state index contributed by atoms with van der Waals surface area (Å²) in [4.78, 5) is 20.5. The zero-order valence-electron chi connectivity index (χ0n) is 11.8. The number of aromatic nitrogens is 2. The average Bonchev–Trinajstić information content (AvgIpc) is 2.48. The lowest BCUT2D eigenvalue weighted by molar-refractivity contribution is 0.0526. The number of hydrogen-bond acceptors (Lipinski definition) is 5. The Kier molecular flexibility index (Phi) is 5.49. The lowest BCUT2D eigenvalue weighted by Crippen LogP contribution is -2.10. The van der Waals surface area contributed by atoms with Crippen LogP contribution in [0.25, 0.3) is 11.3 Å². The summed E-state index contributed by atoms with van der Waals surface area (Å²) < 4.78 is 11.4. The Morgan fingerprint density at radius 2 is 2.00 bits per heavy atom. The highest BCUT2D eigenvalue weighted by atomic mass is 127. The largest absolute Gasteiger partial charge is 0.464 e. The number of ether oxygens (including phenoxy) is 2. The van der Waals surface area contributed by atoms with Crippen molar-refractivity contribution in [3.8, 4) is 17.3 Å². The second-order valence-corrected chi connectivity index (χ2v) is 5.21. The summed E-state index contributed by atoms with van der Waals surface area (Å²) in [5.74, 6) is -0.435. The van der Waals surface area contributed by atoms with Gasteiger partial charge in [0.25, 0.3) is 0 Å². The Bertz CT molecular complexity index is 647. The molecule has 0 bridgehead atoms. The Morgan fingerprint density at radius 3 is 2.67 bits per heavy atom. The molecule has 0 saturated carbocycles. The second-order valence-electron chi connectivity index (χ2n) is 4.05. The van der Waals surface area contributed by atoms with Gasteiger partial charge in [0.1, 0.15) is 5.56 Å². The van der Waals surface area contributed by atoms with Gasteiger partial charge < -0.3 is 9.47 Å². The van der Waals surface area contributed by atoms with Crippen LogP contribution in [0.3, 0.4) is 0 Å². The summed E-state index contributed by atoms with van der Waals surface area (Å²) in [6, 6.07) is 7.94. The SMILES string of the molecule is CCOC(=O)c1cnc(OCC)nc1-c1ccccc1I. The summed E-state index contributed by atoms with van der Waals surface area (Å²) in [5.41, 5.74) is 1.71. The fourth-order valence-electron chi connectivity index (χ4n) is 1.78. The predicted molar refractivity (Wildman–Crippen MR) is 87.3 cm³/mol. The maximum Gasteiger partial charge on any atom is 0.341 e. The van der Waals surface area contributed by atoms with Crippen LogP contribution >= 0.6 is 22.6 Å². The standard InChI is InChI=1S/C15H15IN2O3/c1-3-20-14(19)11-9-17-15(21-4-2)18-13(11)10-7-5-6-8-12(10)16/h5-9H,3-4H2,1-2H3. The molecule has 0 fully saturated rings. The summed E-state index contributed by atoms with van der Waals surface area (Å²) >= 11 is 2.21. The first kappa shape index (κ1) is 15.7. The first-order valence-electron chi connectivity index (χ1n) is 6.59. The molecule has 5 nitrogen and oxygen atoms in total. The van der Waals surface area contributed by atoms with Crippen LogP contribution in [-0.2, 0) is 4.74 Å². The van der Waals surface area contributed by atoms with Crippen LogP contribution in [0.1, 0.15) is 24.2 Å². The fraction of sp³-hybridized carbons (Fsp3) is 0.267. The van der Waals surface area contributed by atoms with E-state index in [-0.39, 0.29) is 6.01 Å². The van der Waals surface area contributed by atoms with Crippen molar-refractivity contribution in [1.29, 1.82) is 0 Å². The third-order valence-corrected chi connectivity index (χ3v) is 3.61. The van der Waals surface area contributed by atoms with Gasteiger partial charge in [0.15, 0.2) is 0 Å². The third kappa shape index (κ3) is 3.69. The van der Waals surface area contributed by atoms with Gasteiger partial charge in [0, 0.05) is 15.3 Å². The Labute approximate surface area is 136 Å². The predicted octanol–water partition coefficient (Wildman–Crippen LogP) is 3.32. The van der Waals surface area contributed by atoms with Gasteiger partial charge in [-0.05, 0) is 42.5 Å². The van der Waals surface area contributed by atoms with Gasteiger partial charge in [-0.25, -0.2) is 9.78 Å². The van der Waals surface area contributed by atoms with Crippen LogP contribution in [0.5, 0.6) is 6.01 Å². The molecule has 0 spiro atoms. The van der Waals surface area contributed by atoms with Crippen LogP contribution in [0, 0.1) is 3.57 Å². The molecular formula is C15H15IN2O3. The van der Waals surface area contributed by atoms with Crippen molar-refractivity contribution in [1.82, 2.24) is 9.97 Å². The van der Waals surface area contributed by atoms with Gasteiger partial charge in [-0.3, -0.25) is 0 Å². The van der Waals surface area contributed by atoms with E-state index >= 15 is 0 Å². The molecule has 1 heterocycles. The normalized spacial score (nSPS) is 10.2. The Balaban J connectivity index is 2.56. The highest BCUT2D eigenvalue weighted by molar-refractivity contribution is 14.1. The van der Waals surface area contributed by atoms with Crippen molar-refractivity contribution in [2.45, 2.75) is 13.8 Å². The summed E-state index contributed by atoms with van der Waals surface area (Å²) in [5, 5.41) is 0. The summed E-state index contributed by atoms with van der Waals surface area (Å²) in [6.45, 7) is 4.38. The number of carbonyl (C=O) groups excluding carboxylic acids is 1. The molecule has 0 amide bonds. The zero-order chi connectivity index (χ0) is 15.2. The van der Waals surface area contributed by atoms with Crippen molar-refractivity contribution in [3.63, 3.8) is 0 Å². The molecule has 1 aromatic heterocycles. The number of halogens is 1. The van der Waals surface area contributed by atoms with Crippen molar-refractivity contribution in [2.24, 2.45) is 0 Å². The van der Waals surface area contributed by atoms with Gasteiger partial charge >= 0.3 is 12.0 Å². The molecule has 6 heteroatoms. The molecule has 21 heavy (non-hydrogen) atoms. The van der Waals surface area contributed by atoms with Crippen LogP contribution < -0.4 is 4.74 Å². The average molecular weight is 398 g/mol. The van der Waals surface area contributed by atoms with E-state index in [2.05, 4.69) is 32.6 Å². The molecule has 0 aliphatic carbocycles. The minimum absolute atomic E-state index is 0.250. The van der Waals surface area contributed by atoms with Crippen LogP contribution in [0.15, 0.2) is 30.5 Å². The highest BCUT2D eigenvalue weighted by Gasteiger charge is 2.19. The van der Waals surface area contributed by atoms with Crippen LogP contribution in [0.4, 0.5) is 0 Å². The third-order valence-electron chi connectivity index (χ3n) is 2.66. The molecule has 1 aromatic carbocycles. The van der Waals surface area contributed by atoms with E-state index < -0.39 is 5.97 Å². The molecule has 0 radical (unpaired) electrons. The molecule has 0 aliphatic rings. The number of hydrogen-bond donors (Lipinski definition) is 0. The van der Waals surface area contributed by atoms with Crippen LogP contribution in [-0.4, -0.2) is 29.2 Å². The molecule has 0 unspecified atom stereocenters. The molecule has 0 saturated heterocycles. The lowest BCUT2D eigenvalue weighted by atomic mass is 10.1. The number of carbonyl (C=O) groups is 1. The Hall–Kier alpha value is -1.70. The van der Waals surface area contributed by atoms with E-state index in [1.807, 2.05) is 31.2 Å². The minimum atomic E-state index is -0.435. The van der Waals surface area contributed by atoms with Gasteiger partial charge in [0.2, 0.25) is 0 Å². The monoisotopic (exact) mass is 398 g/mol. The number of esters is 1. The van der Waals surface area contributed by atoms with E-state index in [9.17, 15) is 4.79 Å². The molecule has 0 N–H and O–H groups in total. The molecule has 2 aromatic rings. The molecule has 110 valence electrons. The van der Waals surface area contributed by atoms with Gasteiger partial charge in [0.05, 0.1) is 18.9 Å². The summed E-state index contributed by atoms with van der Waals surface area (Å²) in [6.07, 6.45) is 1.45. The smallest absolute Gasteiger partial charge is 0.341 e. The van der Waals surface area contributed by atoms with Crippen molar-refractivity contribution >= 4 is 28.6 Å². The maximum absolute atomic E-state index is 12.1. The van der Waals surface area contributed by atoms with Crippen molar-refractivity contribution in [3.05, 3.63) is 39.6 Å². The topological polar surface area (TPSA) is 61.3 Å². The highest BCUT2D eigenvalue weighted by Crippen LogP contribution is 2.28. The van der Waals surface area contributed by atoms with E-state index in [0.717, 1.165) is 9.13 Å². The van der Waals surface area contributed by atoms with Gasteiger partial charge in [-0.15, -0.1) is 0 Å². The molecule has 0 aliphatic heterocycles. The number of benzene rings is 1. The fourth-order valence-corrected chi connectivity index (χ4v) is 2.42. The molecule has 2 rings (SSSR count). The number of nitrogens with zero attached hydrogens (tertiary/aromatic N) is 2. The first-order valence-corrected chi connectivity index (χ1v) is 7.67. The minimum Gasteiger partial charge on any atom is -0.464 e. The van der Waals surface area contributed by atoms with Crippen LogP contribution in [0.2, 0.25) is 0 Å². The maximum atomic E-state index is 12.1. The van der Waals surface area contributed by atoms with Gasteiger partial charge in [-0.2, -0.15) is 4.98 Å². The van der Waals surface area contributed by atoms with E-state index in [4.69, 9.17) is 9.47 Å². The van der Waals surface area contributed by atoms with E-state index in [1.165, 1.54) is 6.20 Å².